The predicted molar refractivity (Wildman–Crippen MR) is 61.0 cm³/mol. The van der Waals surface area contributed by atoms with E-state index < -0.39 is 17.4 Å². The molecule has 1 heterocycles. The van der Waals surface area contributed by atoms with Crippen LogP contribution in [0.4, 0.5) is 4.79 Å². The number of hydrogen-bond acceptors (Lipinski definition) is 3. The van der Waals surface area contributed by atoms with Crippen molar-refractivity contribution in [3.63, 3.8) is 0 Å². The minimum Gasteiger partial charge on any atom is -0.277 e. The van der Waals surface area contributed by atoms with Gasteiger partial charge in [-0.3, -0.25) is 19.8 Å². The summed E-state index contributed by atoms with van der Waals surface area (Å²) in [5, 5.41) is 2.30. The summed E-state index contributed by atoms with van der Waals surface area (Å²) in [5.41, 5.74) is -0.926. The van der Waals surface area contributed by atoms with Gasteiger partial charge in [-0.25, -0.2) is 4.79 Å². The maximum Gasteiger partial charge on any atom is 0.330 e. The van der Waals surface area contributed by atoms with E-state index >= 15 is 0 Å². The summed E-state index contributed by atoms with van der Waals surface area (Å²) in [7, 11) is 0. The maximum atomic E-state index is 12.2. The molecular weight excluding hydrogens is 220 g/mol. The van der Waals surface area contributed by atoms with Crippen LogP contribution in [0.15, 0.2) is 0 Å². The van der Waals surface area contributed by atoms with Crippen LogP contribution < -0.4 is 5.32 Å². The molecule has 4 amide bonds. The molecule has 0 aromatic heterocycles. The molecule has 17 heavy (non-hydrogen) atoms. The fraction of sp³-hybridized carbons (Fsp3) is 0.750. The van der Waals surface area contributed by atoms with E-state index in [0.29, 0.717) is 25.3 Å². The van der Waals surface area contributed by atoms with Gasteiger partial charge in [0.25, 0.3) is 0 Å². The van der Waals surface area contributed by atoms with Gasteiger partial charge in [-0.05, 0) is 25.2 Å². The molecule has 0 aromatic rings. The van der Waals surface area contributed by atoms with Crippen LogP contribution in [-0.2, 0) is 9.59 Å². The highest BCUT2D eigenvalue weighted by molar-refractivity contribution is 6.19. The lowest BCUT2D eigenvalue weighted by atomic mass is 9.66. The first kappa shape index (κ1) is 12.1. The second-order valence-electron chi connectivity index (χ2n) is 5.33. The zero-order valence-corrected chi connectivity index (χ0v) is 10.3. The molecule has 1 saturated heterocycles. The summed E-state index contributed by atoms with van der Waals surface area (Å²) in [4.78, 5) is 36.8. The van der Waals surface area contributed by atoms with Crippen LogP contribution in [0, 0.1) is 11.3 Å². The minimum absolute atomic E-state index is 0.293. The van der Waals surface area contributed by atoms with Crippen molar-refractivity contribution in [3.05, 3.63) is 0 Å². The predicted octanol–water partition coefficient (Wildman–Crippen LogP) is 1.28. The third-order valence-corrected chi connectivity index (χ3v) is 3.69. The number of urea groups is 1. The zero-order valence-electron chi connectivity index (χ0n) is 10.3. The van der Waals surface area contributed by atoms with Gasteiger partial charge < -0.3 is 0 Å². The number of rotatable bonds is 3. The van der Waals surface area contributed by atoms with E-state index in [9.17, 15) is 14.4 Å². The topological polar surface area (TPSA) is 66.5 Å². The Bertz CT molecular complexity index is 372. The van der Waals surface area contributed by atoms with E-state index in [0.717, 1.165) is 12.8 Å². The Kier molecular flexibility index (Phi) is 2.93. The number of nitrogens with zero attached hydrogens (tertiary/aromatic N) is 1. The number of carbonyl (C=O) groups excluding carboxylic acids is 3. The Labute approximate surface area is 101 Å². The van der Waals surface area contributed by atoms with Crippen LogP contribution in [0.3, 0.4) is 0 Å². The summed E-state index contributed by atoms with van der Waals surface area (Å²) in [6.07, 6.45) is 2.79. The van der Waals surface area contributed by atoms with Crippen LogP contribution in [0.2, 0.25) is 0 Å². The van der Waals surface area contributed by atoms with Crippen molar-refractivity contribution in [1.82, 2.24) is 10.2 Å². The molecule has 0 radical (unpaired) electrons. The zero-order chi connectivity index (χ0) is 12.6. The van der Waals surface area contributed by atoms with Crippen molar-refractivity contribution >= 4 is 17.8 Å². The van der Waals surface area contributed by atoms with Crippen LogP contribution in [0.5, 0.6) is 0 Å². The average Bonchev–Trinajstić information content (AvgIpc) is 2.13. The van der Waals surface area contributed by atoms with Gasteiger partial charge in [-0.15, -0.1) is 0 Å². The molecule has 0 bridgehead atoms. The Morgan fingerprint density at radius 2 is 1.94 bits per heavy atom. The van der Waals surface area contributed by atoms with Gasteiger partial charge in [0.1, 0.15) is 5.41 Å². The molecule has 5 nitrogen and oxygen atoms in total. The first-order valence-corrected chi connectivity index (χ1v) is 6.15. The fourth-order valence-corrected chi connectivity index (χ4v) is 2.29. The number of imide groups is 2. The molecule has 1 saturated carbocycles. The summed E-state index contributed by atoms with van der Waals surface area (Å²) >= 11 is 0. The molecule has 0 aromatic carbocycles. The van der Waals surface area contributed by atoms with E-state index in [4.69, 9.17) is 0 Å². The molecule has 2 aliphatic rings. The standard InChI is InChI=1S/C12H18N2O3/c1-8(2)4-7-14-10(16)12(5-3-6-12)9(15)13-11(14)17/h8H,3-7H2,1-2H3,(H,13,15,17). The van der Waals surface area contributed by atoms with E-state index in [1.54, 1.807) is 0 Å². The molecule has 1 aliphatic heterocycles. The largest absolute Gasteiger partial charge is 0.330 e. The van der Waals surface area contributed by atoms with Crippen molar-refractivity contribution in [2.75, 3.05) is 6.54 Å². The summed E-state index contributed by atoms with van der Waals surface area (Å²) in [6, 6.07) is -0.557. The molecule has 0 atom stereocenters. The van der Waals surface area contributed by atoms with Crippen molar-refractivity contribution in [1.29, 1.82) is 0 Å². The quantitative estimate of drug-likeness (QED) is 0.753. The summed E-state index contributed by atoms with van der Waals surface area (Å²) in [6.45, 7) is 4.48. The van der Waals surface area contributed by atoms with Gasteiger partial charge in [0.05, 0.1) is 0 Å². The molecular formula is C12H18N2O3. The molecule has 94 valence electrons. The third-order valence-electron chi connectivity index (χ3n) is 3.69. The lowest BCUT2D eigenvalue weighted by molar-refractivity contribution is -0.157. The molecule has 1 spiro atoms. The monoisotopic (exact) mass is 238 g/mol. The molecule has 1 aliphatic carbocycles. The summed E-state index contributed by atoms with van der Waals surface area (Å²) in [5.74, 6) is -0.275. The van der Waals surface area contributed by atoms with Crippen LogP contribution >= 0.6 is 0 Å². The second kappa shape index (κ2) is 4.13. The Morgan fingerprint density at radius 1 is 1.29 bits per heavy atom. The summed E-state index contributed by atoms with van der Waals surface area (Å²) < 4.78 is 0. The van der Waals surface area contributed by atoms with E-state index in [1.165, 1.54) is 4.90 Å². The second-order valence-corrected chi connectivity index (χ2v) is 5.33. The fourth-order valence-electron chi connectivity index (χ4n) is 2.29. The van der Waals surface area contributed by atoms with Crippen molar-refractivity contribution in [3.8, 4) is 0 Å². The molecule has 5 heteroatoms. The van der Waals surface area contributed by atoms with Gasteiger partial charge in [-0.1, -0.05) is 20.3 Å². The molecule has 2 rings (SSSR count). The minimum atomic E-state index is -0.926. The van der Waals surface area contributed by atoms with Crippen LogP contribution in [-0.4, -0.2) is 29.3 Å². The number of barbiturate groups is 1. The lowest BCUT2D eigenvalue weighted by Gasteiger charge is -2.44. The number of nitrogens with one attached hydrogen (secondary N) is 1. The number of amides is 4. The highest BCUT2D eigenvalue weighted by atomic mass is 16.2. The molecule has 0 unspecified atom stereocenters. The Morgan fingerprint density at radius 3 is 2.41 bits per heavy atom. The molecule has 1 N–H and O–H groups in total. The average molecular weight is 238 g/mol. The van der Waals surface area contributed by atoms with E-state index in [1.807, 2.05) is 13.8 Å². The van der Waals surface area contributed by atoms with Gasteiger partial charge in [-0.2, -0.15) is 0 Å². The van der Waals surface area contributed by atoms with E-state index in [-0.39, 0.29) is 5.91 Å². The van der Waals surface area contributed by atoms with Crippen LogP contribution in [0.25, 0.3) is 0 Å². The van der Waals surface area contributed by atoms with E-state index in [2.05, 4.69) is 5.32 Å². The highest BCUT2D eigenvalue weighted by Gasteiger charge is 2.57. The van der Waals surface area contributed by atoms with Gasteiger partial charge >= 0.3 is 6.03 Å². The smallest absolute Gasteiger partial charge is 0.277 e. The third kappa shape index (κ3) is 1.83. The highest BCUT2D eigenvalue weighted by Crippen LogP contribution is 2.44. The Balaban J connectivity index is 2.13. The normalized spacial score (nSPS) is 23.0. The number of carbonyl (C=O) groups is 3. The maximum absolute atomic E-state index is 12.2. The van der Waals surface area contributed by atoms with Crippen molar-refractivity contribution < 1.29 is 14.4 Å². The van der Waals surface area contributed by atoms with Gasteiger partial charge in [0.15, 0.2) is 0 Å². The Hall–Kier alpha value is -1.39. The SMILES string of the molecule is CC(C)CCN1C(=O)NC(=O)C2(CCC2)C1=O. The van der Waals surface area contributed by atoms with Crippen molar-refractivity contribution in [2.24, 2.45) is 11.3 Å². The van der Waals surface area contributed by atoms with Crippen molar-refractivity contribution in [2.45, 2.75) is 39.5 Å². The lowest BCUT2D eigenvalue weighted by Crippen LogP contribution is -2.66. The first-order valence-electron chi connectivity index (χ1n) is 6.15. The number of hydrogen-bond donors (Lipinski definition) is 1. The van der Waals surface area contributed by atoms with Gasteiger partial charge in [0, 0.05) is 6.54 Å². The van der Waals surface area contributed by atoms with Crippen LogP contribution in [0.1, 0.15) is 39.5 Å². The molecule has 2 fully saturated rings. The first-order chi connectivity index (χ1) is 7.97. The van der Waals surface area contributed by atoms with Gasteiger partial charge in [0.2, 0.25) is 11.8 Å².